The third kappa shape index (κ3) is 3.57. The van der Waals surface area contributed by atoms with E-state index in [1.165, 1.54) is 0 Å². The van der Waals surface area contributed by atoms with Crippen molar-refractivity contribution in [3.05, 3.63) is 12.3 Å². The second-order valence-corrected chi connectivity index (χ2v) is 4.51. The van der Waals surface area contributed by atoms with Gasteiger partial charge in [-0.1, -0.05) is 0 Å². The van der Waals surface area contributed by atoms with Crippen LogP contribution in [0.25, 0.3) is 0 Å². The Bertz CT molecular complexity index is 373. The monoisotopic (exact) mass is 251 g/mol. The third-order valence-electron chi connectivity index (χ3n) is 3.16. The van der Waals surface area contributed by atoms with Gasteiger partial charge in [-0.2, -0.15) is 4.98 Å². The lowest BCUT2D eigenvalue weighted by Gasteiger charge is -2.28. The van der Waals surface area contributed by atoms with Crippen molar-refractivity contribution in [1.29, 1.82) is 0 Å². The smallest absolute Gasteiger partial charge is 0.225 e. The summed E-state index contributed by atoms with van der Waals surface area (Å²) in [5, 5.41) is 3.08. The molecule has 0 aliphatic heterocycles. The van der Waals surface area contributed by atoms with Crippen molar-refractivity contribution in [2.24, 2.45) is 0 Å². The molecule has 0 aromatic carbocycles. The topological polar surface area (TPSA) is 56.3 Å². The van der Waals surface area contributed by atoms with Crippen LogP contribution in [0.4, 0.5) is 5.95 Å². The molecular formula is C13H21N3O2. The Kier molecular flexibility index (Phi) is 4.75. The maximum atomic E-state index is 5.90. The molecular weight excluding hydrogens is 230 g/mol. The van der Waals surface area contributed by atoms with E-state index in [4.69, 9.17) is 9.47 Å². The van der Waals surface area contributed by atoms with Crippen LogP contribution in [0, 0.1) is 0 Å². The molecule has 1 aromatic rings. The van der Waals surface area contributed by atoms with E-state index >= 15 is 0 Å². The van der Waals surface area contributed by atoms with Gasteiger partial charge in [-0.15, -0.1) is 0 Å². The fourth-order valence-electron chi connectivity index (χ4n) is 2.25. The number of hydrogen-bond acceptors (Lipinski definition) is 5. The van der Waals surface area contributed by atoms with Gasteiger partial charge in [-0.3, -0.25) is 0 Å². The summed E-state index contributed by atoms with van der Waals surface area (Å²) in [7, 11) is 1.76. The minimum Gasteiger partial charge on any atom is -0.474 e. The van der Waals surface area contributed by atoms with E-state index in [1.54, 1.807) is 19.4 Å². The van der Waals surface area contributed by atoms with E-state index in [2.05, 4.69) is 15.3 Å². The van der Waals surface area contributed by atoms with Crippen LogP contribution in [0.5, 0.6) is 5.88 Å². The predicted molar refractivity (Wildman–Crippen MR) is 69.9 cm³/mol. The molecule has 2 atom stereocenters. The van der Waals surface area contributed by atoms with Crippen LogP contribution in [0.3, 0.4) is 0 Å². The van der Waals surface area contributed by atoms with Gasteiger partial charge in [0, 0.05) is 32.3 Å². The Balaban J connectivity index is 1.93. The van der Waals surface area contributed by atoms with Crippen molar-refractivity contribution in [2.45, 2.75) is 44.8 Å². The van der Waals surface area contributed by atoms with Crippen molar-refractivity contribution in [2.75, 3.05) is 19.0 Å². The Labute approximate surface area is 108 Å². The number of methoxy groups -OCH3 is 1. The Hall–Kier alpha value is -1.36. The van der Waals surface area contributed by atoms with Crippen molar-refractivity contribution >= 4 is 5.95 Å². The first-order valence-corrected chi connectivity index (χ1v) is 6.58. The van der Waals surface area contributed by atoms with Gasteiger partial charge >= 0.3 is 0 Å². The average Bonchev–Trinajstić information content (AvgIpc) is 2.40. The summed E-state index contributed by atoms with van der Waals surface area (Å²) >= 11 is 0. The van der Waals surface area contributed by atoms with Crippen LogP contribution in [0.2, 0.25) is 0 Å². The summed E-state index contributed by atoms with van der Waals surface area (Å²) in [5.41, 5.74) is 0. The number of hydrogen-bond donors (Lipinski definition) is 1. The summed E-state index contributed by atoms with van der Waals surface area (Å²) in [6.07, 6.45) is 6.53. The molecule has 2 unspecified atom stereocenters. The van der Waals surface area contributed by atoms with Crippen LogP contribution >= 0.6 is 0 Å². The molecule has 5 heteroatoms. The number of rotatable bonds is 5. The lowest BCUT2D eigenvalue weighted by atomic mass is 9.95. The van der Waals surface area contributed by atoms with Gasteiger partial charge in [0.2, 0.25) is 11.8 Å². The molecule has 1 aliphatic carbocycles. The lowest BCUT2D eigenvalue weighted by molar-refractivity contribution is 0.0195. The fourth-order valence-corrected chi connectivity index (χ4v) is 2.25. The fraction of sp³-hybridized carbons (Fsp3) is 0.692. The van der Waals surface area contributed by atoms with Gasteiger partial charge in [0.25, 0.3) is 0 Å². The van der Waals surface area contributed by atoms with Crippen molar-refractivity contribution < 1.29 is 9.47 Å². The molecule has 5 nitrogen and oxygen atoms in total. The molecule has 0 amide bonds. The van der Waals surface area contributed by atoms with Gasteiger partial charge in [0.1, 0.15) is 6.10 Å². The molecule has 1 aromatic heterocycles. The molecule has 1 heterocycles. The van der Waals surface area contributed by atoms with Gasteiger partial charge in [-0.05, 0) is 26.2 Å². The van der Waals surface area contributed by atoms with E-state index in [-0.39, 0.29) is 6.10 Å². The van der Waals surface area contributed by atoms with Gasteiger partial charge in [-0.25, -0.2) is 4.98 Å². The van der Waals surface area contributed by atoms with Gasteiger partial charge in [0.05, 0.1) is 6.10 Å². The van der Waals surface area contributed by atoms with E-state index in [1.807, 2.05) is 6.92 Å². The maximum absolute atomic E-state index is 5.90. The first kappa shape index (κ1) is 13.1. The quantitative estimate of drug-likeness (QED) is 0.869. The summed E-state index contributed by atoms with van der Waals surface area (Å²) in [6, 6.07) is 1.80. The first-order valence-electron chi connectivity index (χ1n) is 6.58. The van der Waals surface area contributed by atoms with E-state index in [9.17, 15) is 0 Å². The zero-order valence-electron chi connectivity index (χ0n) is 11.1. The largest absolute Gasteiger partial charge is 0.474 e. The highest BCUT2D eigenvalue weighted by molar-refractivity contribution is 5.27. The van der Waals surface area contributed by atoms with E-state index in [0.29, 0.717) is 17.9 Å². The van der Waals surface area contributed by atoms with E-state index in [0.717, 1.165) is 32.2 Å². The molecule has 0 spiro atoms. The maximum Gasteiger partial charge on any atom is 0.225 e. The van der Waals surface area contributed by atoms with Crippen LogP contribution in [0.15, 0.2) is 12.3 Å². The van der Waals surface area contributed by atoms with Crippen LogP contribution in [-0.4, -0.2) is 35.8 Å². The molecule has 0 radical (unpaired) electrons. The summed E-state index contributed by atoms with van der Waals surface area (Å²) in [5.74, 6) is 1.26. The predicted octanol–water partition coefficient (Wildman–Crippen LogP) is 2.24. The zero-order valence-corrected chi connectivity index (χ0v) is 11.1. The molecule has 100 valence electrons. The van der Waals surface area contributed by atoms with E-state index < -0.39 is 0 Å². The SMILES string of the molecule is CCNc1nccc(OC2CCCC(OC)C2)n1. The van der Waals surface area contributed by atoms with Gasteiger partial charge < -0.3 is 14.8 Å². The molecule has 0 bridgehead atoms. The van der Waals surface area contributed by atoms with Crippen molar-refractivity contribution in [3.63, 3.8) is 0 Å². The Morgan fingerprint density at radius 1 is 1.39 bits per heavy atom. The molecule has 1 saturated carbocycles. The highest BCUT2D eigenvalue weighted by Crippen LogP contribution is 2.24. The van der Waals surface area contributed by atoms with Crippen LogP contribution in [0.1, 0.15) is 32.6 Å². The molecule has 1 N–H and O–H groups in total. The minimum absolute atomic E-state index is 0.202. The molecule has 0 saturated heterocycles. The number of nitrogens with one attached hydrogen (secondary N) is 1. The standard InChI is InChI=1S/C13H21N3O2/c1-3-14-13-15-8-7-12(16-13)18-11-6-4-5-10(9-11)17-2/h7-8,10-11H,3-6,9H2,1-2H3,(H,14,15,16). The lowest BCUT2D eigenvalue weighted by Crippen LogP contribution is -2.29. The molecule has 1 fully saturated rings. The molecule has 18 heavy (non-hydrogen) atoms. The number of aromatic nitrogens is 2. The highest BCUT2D eigenvalue weighted by Gasteiger charge is 2.23. The Morgan fingerprint density at radius 3 is 3.00 bits per heavy atom. The second kappa shape index (κ2) is 6.54. The summed E-state index contributed by atoms with van der Waals surface area (Å²) in [6.45, 7) is 2.82. The van der Waals surface area contributed by atoms with Gasteiger partial charge in [0.15, 0.2) is 0 Å². The minimum atomic E-state index is 0.202. The van der Waals surface area contributed by atoms with Crippen LogP contribution < -0.4 is 10.1 Å². The third-order valence-corrected chi connectivity index (χ3v) is 3.16. The summed E-state index contributed by atoms with van der Waals surface area (Å²) in [4.78, 5) is 8.45. The number of anilines is 1. The van der Waals surface area contributed by atoms with Crippen molar-refractivity contribution in [3.8, 4) is 5.88 Å². The normalized spacial score (nSPS) is 23.7. The summed E-state index contributed by atoms with van der Waals surface area (Å²) < 4.78 is 11.3. The molecule has 1 aliphatic rings. The number of ether oxygens (including phenoxy) is 2. The second-order valence-electron chi connectivity index (χ2n) is 4.51. The number of nitrogens with zero attached hydrogens (tertiary/aromatic N) is 2. The zero-order chi connectivity index (χ0) is 12.8. The first-order chi connectivity index (χ1) is 8.81. The Morgan fingerprint density at radius 2 is 2.22 bits per heavy atom. The van der Waals surface area contributed by atoms with Crippen LogP contribution in [-0.2, 0) is 4.74 Å². The average molecular weight is 251 g/mol. The molecule has 2 rings (SSSR count). The highest BCUT2D eigenvalue weighted by atomic mass is 16.5. The van der Waals surface area contributed by atoms with Crippen molar-refractivity contribution in [1.82, 2.24) is 9.97 Å².